The summed E-state index contributed by atoms with van der Waals surface area (Å²) in [5.41, 5.74) is 0.784. The summed E-state index contributed by atoms with van der Waals surface area (Å²) in [4.78, 5) is 4.56. The van der Waals surface area contributed by atoms with E-state index >= 15 is 0 Å². The fourth-order valence-electron chi connectivity index (χ4n) is 2.88. The van der Waals surface area contributed by atoms with Crippen molar-refractivity contribution in [1.29, 1.82) is 0 Å². The van der Waals surface area contributed by atoms with Gasteiger partial charge in [0.1, 0.15) is 11.1 Å². The van der Waals surface area contributed by atoms with Crippen LogP contribution in [0, 0.1) is 5.92 Å². The molecule has 0 bridgehead atoms. The lowest BCUT2D eigenvalue weighted by molar-refractivity contribution is 0.409. The van der Waals surface area contributed by atoms with Crippen LogP contribution in [0.2, 0.25) is 0 Å². The molecule has 0 amide bonds. The monoisotopic (exact) mass is 254 g/mol. The normalized spacial score (nSPS) is 31.4. The molecule has 0 saturated carbocycles. The van der Waals surface area contributed by atoms with Crippen LogP contribution in [-0.4, -0.2) is 23.7 Å². The first kappa shape index (κ1) is 11.3. The third-order valence-electron chi connectivity index (χ3n) is 3.93. The van der Waals surface area contributed by atoms with Crippen LogP contribution in [0.4, 0.5) is 0 Å². The van der Waals surface area contributed by atoms with Gasteiger partial charge in [-0.3, -0.25) is 0 Å². The number of fused-ring (bicyclic) bond motifs is 1. The van der Waals surface area contributed by atoms with Gasteiger partial charge in [-0.05, 0) is 25.2 Å². The third kappa shape index (κ3) is 1.90. The van der Waals surface area contributed by atoms with Crippen LogP contribution in [0.5, 0.6) is 0 Å². The molecule has 1 fully saturated rings. The highest BCUT2D eigenvalue weighted by Crippen LogP contribution is 2.34. The van der Waals surface area contributed by atoms with Crippen LogP contribution in [0.25, 0.3) is 0 Å². The van der Waals surface area contributed by atoms with Gasteiger partial charge in [0, 0.05) is 19.2 Å². The van der Waals surface area contributed by atoms with Crippen molar-refractivity contribution in [2.45, 2.75) is 44.4 Å². The molecule has 0 radical (unpaired) electrons. The van der Waals surface area contributed by atoms with Gasteiger partial charge in [0.2, 0.25) is 0 Å². The molecule has 2 unspecified atom stereocenters. The Balaban J connectivity index is 1.95. The highest BCUT2D eigenvalue weighted by Gasteiger charge is 2.35. The van der Waals surface area contributed by atoms with Crippen molar-refractivity contribution in [2.75, 3.05) is 5.75 Å². The van der Waals surface area contributed by atoms with Gasteiger partial charge in [0.05, 0.1) is 11.4 Å². The number of imidazole rings is 1. The average Bonchev–Trinajstić information content (AvgIpc) is 2.79. The van der Waals surface area contributed by atoms with E-state index in [2.05, 4.69) is 16.5 Å². The number of rotatable bonds is 1. The molecule has 0 spiro atoms. The van der Waals surface area contributed by atoms with Crippen molar-refractivity contribution < 1.29 is 8.42 Å². The van der Waals surface area contributed by atoms with E-state index in [1.54, 1.807) is 0 Å². The summed E-state index contributed by atoms with van der Waals surface area (Å²) < 4.78 is 25.9. The molecule has 3 heterocycles. The summed E-state index contributed by atoms with van der Waals surface area (Å²) >= 11 is 0. The van der Waals surface area contributed by atoms with Crippen LogP contribution in [-0.2, 0) is 22.8 Å². The zero-order chi connectivity index (χ0) is 12.0. The number of sulfone groups is 1. The molecular formula is C12H18N2O2S. The van der Waals surface area contributed by atoms with Gasteiger partial charge in [-0.25, -0.2) is 13.4 Å². The van der Waals surface area contributed by atoms with Crippen LogP contribution in [0.15, 0.2) is 6.20 Å². The summed E-state index contributed by atoms with van der Waals surface area (Å²) in [7, 11) is -2.93. The van der Waals surface area contributed by atoms with E-state index in [0.717, 1.165) is 37.3 Å². The lowest BCUT2D eigenvalue weighted by Gasteiger charge is -2.18. The van der Waals surface area contributed by atoms with E-state index in [9.17, 15) is 8.42 Å². The molecule has 0 aliphatic carbocycles. The predicted octanol–water partition coefficient (Wildman–Crippen LogP) is 1.72. The maximum Gasteiger partial charge on any atom is 0.158 e. The van der Waals surface area contributed by atoms with E-state index in [-0.39, 0.29) is 5.25 Å². The molecule has 1 saturated heterocycles. The summed E-state index contributed by atoms with van der Waals surface area (Å²) in [5.74, 6) is 2.06. The van der Waals surface area contributed by atoms with Gasteiger partial charge < -0.3 is 4.57 Å². The minimum absolute atomic E-state index is 0.330. The molecule has 17 heavy (non-hydrogen) atoms. The molecule has 5 heteroatoms. The maximum absolute atomic E-state index is 11.9. The Morgan fingerprint density at radius 3 is 2.94 bits per heavy atom. The highest BCUT2D eigenvalue weighted by molar-refractivity contribution is 7.91. The zero-order valence-electron chi connectivity index (χ0n) is 10.1. The summed E-state index contributed by atoms with van der Waals surface area (Å²) in [5, 5.41) is -0.337. The van der Waals surface area contributed by atoms with E-state index in [1.165, 1.54) is 6.42 Å². The van der Waals surface area contributed by atoms with Gasteiger partial charge in [0.25, 0.3) is 0 Å². The van der Waals surface area contributed by atoms with Crippen LogP contribution < -0.4 is 0 Å². The molecule has 2 aliphatic rings. The Morgan fingerprint density at radius 1 is 1.41 bits per heavy atom. The Morgan fingerprint density at radius 2 is 2.24 bits per heavy atom. The molecule has 2 aliphatic heterocycles. The average molecular weight is 254 g/mol. The number of aryl methyl sites for hydroxylation is 1. The van der Waals surface area contributed by atoms with Crippen molar-refractivity contribution in [2.24, 2.45) is 5.92 Å². The molecule has 2 atom stereocenters. The van der Waals surface area contributed by atoms with E-state index in [4.69, 9.17) is 0 Å². The fraction of sp³-hybridized carbons (Fsp3) is 0.750. The topological polar surface area (TPSA) is 52.0 Å². The second kappa shape index (κ2) is 3.83. The first-order valence-electron chi connectivity index (χ1n) is 6.34. The maximum atomic E-state index is 11.9. The van der Waals surface area contributed by atoms with Gasteiger partial charge in [-0.1, -0.05) is 6.92 Å². The standard InChI is InChI=1S/C12H18N2O2S/c1-9-4-5-14-8-10(13-12(14)7-9)11-3-2-6-17(11,15)16/h8-9,11H,2-7H2,1H3. The smallest absolute Gasteiger partial charge is 0.158 e. The number of aromatic nitrogens is 2. The van der Waals surface area contributed by atoms with E-state index in [1.807, 2.05) is 6.20 Å². The summed E-state index contributed by atoms with van der Waals surface area (Å²) in [6, 6.07) is 0. The van der Waals surface area contributed by atoms with Gasteiger partial charge in [-0.2, -0.15) is 0 Å². The van der Waals surface area contributed by atoms with Crippen molar-refractivity contribution >= 4 is 9.84 Å². The Labute approximate surface area is 102 Å². The number of nitrogens with zero attached hydrogens (tertiary/aromatic N) is 2. The number of hydrogen-bond donors (Lipinski definition) is 0. The van der Waals surface area contributed by atoms with E-state index in [0.29, 0.717) is 11.7 Å². The largest absolute Gasteiger partial charge is 0.335 e. The second-order valence-electron chi connectivity index (χ2n) is 5.37. The van der Waals surface area contributed by atoms with Gasteiger partial charge in [0.15, 0.2) is 9.84 Å². The van der Waals surface area contributed by atoms with E-state index < -0.39 is 9.84 Å². The van der Waals surface area contributed by atoms with Gasteiger partial charge >= 0.3 is 0 Å². The highest BCUT2D eigenvalue weighted by atomic mass is 32.2. The quantitative estimate of drug-likeness (QED) is 0.766. The van der Waals surface area contributed by atoms with Crippen molar-refractivity contribution in [3.63, 3.8) is 0 Å². The minimum atomic E-state index is -2.93. The van der Waals surface area contributed by atoms with Crippen LogP contribution in [0.1, 0.15) is 43.0 Å². The SMILES string of the molecule is CC1CCn2cc(C3CCCS3(=O)=O)nc2C1. The Hall–Kier alpha value is -0.840. The lowest BCUT2D eigenvalue weighted by atomic mass is 10.0. The number of hydrogen-bond acceptors (Lipinski definition) is 3. The van der Waals surface area contributed by atoms with Crippen molar-refractivity contribution in [1.82, 2.24) is 9.55 Å². The molecular weight excluding hydrogens is 236 g/mol. The minimum Gasteiger partial charge on any atom is -0.335 e. The molecule has 4 nitrogen and oxygen atoms in total. The molecule has 1 aromatic heterocycles. The third-order valence-corrected chi connectivity index (χ3v) is 6.13. The molecule has 0 N–H and O–H groups in total. The zero-order valence-corrected chi connectivity index (χ0v) is 10.9. The first-order chi connectivity index (χ1) is 8.06. The van der Waals surface area contributed by atoms with Gasteiger partial charge in [-0.15, -0.1) is 0 Å². The Kier molecular flexibility index (Phi) is 2.54. The second-order valence-corrected chi connectivity index (χ2v) is 7.67. The molecule has 1 aromatic rings. The molecule has 3 rings (SSSR count). The predicted molar refractivity (Wildman–Crippen MR) is 65.5 cm³/mol. The lowest BCUT2D eigenvalue weighted by Crippen LogP contribution is -2.16. The first-order valence-corrected chi connectivity index (χ1v) is 8.05. The molecule has 94 valence electrons. The summed E-state index contributed by atoms with van der Waals surface area (Å²) in [6.07, 6.45) is 5.64. The van der Waals surface area contributed by atoms with Crippen molar-refractivity contribution in [3.8, 4) is 0 Å². The van der Waals surface area contributed by atoms with Crippen molar-refractivity contribution in [3.05, 3.63) is 17.7 Å². The Bertz CT molecular complexity index is 533. The van der Waals surface area contributed by atoms with Crippen LogP contribution >= 0.6 is 0 Å². The summed E-state index contributed by atoms with van der Waals surface area (Å²) in [6.45, 7) is 3.21. The van der Waals surface area contributed by atoms with Crippen LogP contribution in [0.3, 0.4) is 0 Å². The molecule has 0 aromatic carbocycles. The fourth-order valence-corrected chi connectivity index (χ4v) is 4.75.